The third-order valence-electron chi connectivity index (χ3n) is 3.08. The summed E-state index contributed by atoms with van der Waals surface area (Å²) < 4.78 is 0.905. The Morgan fingerprint density at radius 1 is 1.56 bits per heavy atom. The van der Waals surface area contributed by atoms with Gasteiger partial charge >= 0.3 is 0 Å². The second kappa shape index (κ2) is 5.57. The number of piperidine rings is 1. The molecular weight excluding hydrogens is 343 g/mol. The molecule has 5 heteroatoms. The molecule has 0 aromatic heterocycles. The molecule has 1 aliphatic heterocycles. The maximum Gasteiger partial charge on any atom is 0.257 e. The number of benzene rings is 1. The number of carbonyl (C=O) groups is 1. The Hall–Kier alpha value is -1.29. The van der Waals surface area contributed by atoms with Crippen molar-refractivity contribution >= 4 is 28.5 Å². The number of likely N-dealkylation sites (tertiary alicyclic amines) is 1. The van der Waals surface area contributed by atoms with Crippen molar-refractivity contribution in [2.75, 3.05) is 13.1 Å². The molecule has 4 nitrogen and oxygen atoms in total. The smallest absolute Gasteiger partial charge is 0.257 e. The summed E-state index contributed by atoms with van der Waals surface area (Å²) in [5.74, 6) is -0.280. The number of amides is 1. The standard InChI is InChI=1S/C13H13IN2O2/c14-10-3-4-12(17)11(6-10)13(18)16-5-1-2-9(7-15)8-16/h3-4,6,9,17H,1-2,5,8H2. The number of nitrogens with zero attached hydrogens (tertiary/aromatic N) is 2. The summed E-state index contributed by atoms with van der Waals surface area (Å²) in [7, 11) is 0. The quantitative estimate of drug-likeness (QED) is 0.786. The van der Waals surface area contributed by atoms with E-state index in [2.05, 4.69) is 28.7 Å². The van der Waals surface area contributed by atoms with Crippen molar-refractivity contribution in [1.82, 2.24) is 4.90 Å². The van der Waals surface area contributed by atoms with Gasteiger partial charge in [-0.15, -0.1) is 0 Å². The zero-order valence-corrected chi connectivity index (χ0v) is 11.9. The van der Waals surface area contributed by atoms with Crippen molar-refractivity contribution in [2.45, 2.75) is 12.8 Å². The van der Waals surface area contributed by atoms with E-state index < -0.39 is 0 Å². The number of hydrogen-bond acceptors (Lipinski definition) is 3. The second-order valence-corrected chi connectivity index (χ2v) is 5.63. The number of hydrogen-bond donors (Lipinski definition) is 1. The zero-order chi connectivity index (χ0) is 13.1. The van der Waals surface area contributed by atoms with Gasteiger partial charge in [0.2, 0.25) is 0 Å². The highest BCUT2D eigenvalue weighted by Crippen LogP contribution is 2.24. The molecule has 1 aliphatic rings. The minimum atomic E-state index is -0.189. The van der Waals surface area contributed by atoms with Crippen LogP contribution in [0.2, 0.25) is 0 Å². The first kappa shape index (κ1) is 13.1. The summed E-state index contributed by atoms with van der Waals surface area (Å²) in [5, 5.41) is 18.7. The molecule has 0 radical (unpaired) electrons. The summed E-state index contributed by atoms with van der Waals surface area (Å²) in [6.45, 7) is 1.11. The fraction of sp³-hybridized carbons (Fsp3) is 0.385. The lowest BCUT2D eigenvalue weighted by Gasteiger charge is -2.29. The monoisotopic (exact) mass is 356 g/mol. The van der Waals surface area contributed by atoms with Crippen molar-refractivity contribution in [2.24, 2.45) is 5.92 Å². The van der Waals surface area contributed by atoms with Gasteiger partial charge in [0.1, 0.15) is 5.75 Å². The van der Waals surface area contributed by atoms with Gasteiger partial charge in [0.25, 0.3) is 5.91 Å². The fourth-order valence-electron chi connectivity index (χ4n) is 2.12. The molecule has 0 spiro atoms. The molecule has 1 fully saturated rings. The predicted molar refractivity (Wildman–Crippen MR) is 75.1 cm³/mol. The van der Waals surface area contributed by atoms with E-state index in [0.29, 0.717) is 18.7 Å². The lowest BCUT2D eigenvalue weighted by atomic mass is 9.99. The van der Waals surface area contributed by atoms with Gasteiger partial charge in [0.15, 0.2) is 0 Å². The number of nitriles is 1. The highest BCUT2D eigenvalue weighted by atomic mass is 127. The third-order valence-corrected chi connectivity index (χ3v) is 3.75. The zero-order valence-electron chi connectivity index (χ0n) is 9.77. The summed E-state index contributed by atoms with van der Waals surface area (Å²) >= 11 is 2.10. The fourth-order valence-corrected chi connectivity index (χ4v) is 2.61. The van der Waals surface area contributed by atoms with Gasteiger partial charge in [0.05, 0.1) is 17.6 Å². The van der Waals surface area contributed by atoms with Crippen LogP contribution in [-0.2, 0) is 0 Å². The molecule has 1 saturated heterocycles. The molecule has 1 amide bonds. The molecule has 0 saturated carbocycles. The van der Waals surface area contributed by atoms with Gasteiger partial charge in [0, 0.05) is 16.7 Å². The Morgan fingerprint density at radius 2 is 2.33 bits per heavy atom. The summed E-state index contributed by atoms with van der Waals surface area (Å²) in [5.41, 5.74) is 0.320. The molecule has 0 bridgehead atoms. The van der Waals surface area contributed by atoms with Gasteiger partial charge in [-0.25, -0.2) is 0 Å². The van der Waals surface area contributed by atoms with Crippen LogP contribution in [0.25, 0.3) is 0 Å². The van der Waals surface area contributed by atoms with E-state index in [1.807, 2.05) is 0 Å². The van der Waals surface area contributed by atoms with Crippen LogP contribution in [0, 0.1) is 20.8 Å². The Labute approximate surface area is 119 Å². The van der Waals surface area contributed by atoms with Crippen molar-refractivity contribution in [3.8, 4) is 11.8 Å². The summed E-state index contributed by atoms with van der Waals surface area (Å²) in [4.78, 5) is 13.9. The Kier molecular flexibility index (Phi) is 4.07. The van der Waals surface area contributed by atoms with Crippen LogP contribution in [-0.4, -0.2) is 29.0 Å². The molecule has 1 atom stereocenters. The molecule has 94 valence electrons. The van der Waals surface area contributed by atoms with Crippen LogP contribution in [0.15, 0.2) is 18.2 Å². The highest BCUT2D eigenvalue weighted by Gasteiger charge is 2.25. The summed E-state index contributed by atoms with van der Waals surface area (Å²) in [6.07, 6.45) is 1.69. The first-order valence-electron chi connectivity index (χ1n) is 5.79. The average molecular weight is 356 g/mol. The number of rotatable bonds is 1. The number of phenolic OH excluding ortho intramolecular Hbond substituents is 1. The molecule has 1 aromatic carbocycles. The van der Waals surface area contributed by atoms with Crippen LogP contribution < -0.4 is 0 Å². The van der Waals surface area contributed by atoms with Crippen LogP contribution >= 0.6 is 22.6 Å². The van der Waals surface area contributed by atoms with Crippen LogP contribution in [0.1, 0.15) is 23.2 Å². The maximum atomic E-state index is 12.3. The van der Waals surface area contributed by atoms with E-state index in [0.717, 1.165) is 16.4 Å². The minimum Gasteiger partial charge on any atom is -0.507 e. The Balaban J connectivity index is 2.21. The lowest BCUT2D eigenvalue weighted by molar-refractivity contribution is 0.0695. The van der Waals surface area contributed by atoms with Crippen molar-refractivity contribution < 1.29 is 9.90 Å². The average Bonchev–Trinajstić information content (AvgIpc) is 2.41. The highest BCUT2D eigenvalue weighted by molar-refractivity contribution is 14.1. The SMILES string of the molecule is N#CC1CCCN(C(=O)c2cc(I)ccc2O)C1. The minimum absolute atomic E-state index is 0.000466. The second-order valence-electron chi connectivity index (χ2n) is 4.38. The molecular formula is C13H13IN2O2. The van der Waals surface area contributed by atoms with E-state index in [-0.39, 0.29) is 17.6 Å². The predicted octanol–water partition coefficient (Wildman–Crippen LogP) is 2.37. The first-order chi connectivity index (χ1) is 8.61. The third kappa shape index (κ3) is 2.75. The van der Waals surface area contributed by atoms with Gasteiger partial charge < -0.3 is 10.0 Å². The Bertz CT molecular complexity index is 510. The number of aromatic hydroxyl groups is 1. The van der Waals surface area contributed by atoms with E-state index in [4.69, 9.17) is 5.26 Å². The molecule has 1 aromatic rings. The normalized spacial score (nSPS) is 19.3. The van der Waals surface area contributed by atoms with Gasteiger partial charge in [-0.2, -0.15) is 5.26 Å². The molecule has 1 N–H and O–H groups in total. The molecule has 2 rings (SSSR count). The maximum absolute atomic E-state index is 12.3. The van der Waals surface area contributed by atoms with Crippen molar-refractivity contribution in [1.29, 1.82) is 5.26 Å². The topological polar surface area (TPSA) is 64.3 Å². The van der Waals surface area contributed by atoms with E-state index >= 15 is 0 Å². The lowest BCUT2D eigenvalue weighted by Crippen LogP contribution is -2.39. The molecule has 1 heterocycles. The van der Waals surface area contributed by atoms with Crippen LogP contribution in [0.5, 0.6) is 5.75 Å². The van der Waals surface area contributed by atoms with Gasteiger partial charge in [-0.1, -0.05) is 0 Å². The van der Waals surface area contributed by atoms with Crippen molar-refractivity contribution in [3.05, 3.63) is 27.3 Å². The van der Waals surface area contributed by atoms with Crippen LogP contribution in [0.4, 0.5) is 0 Å². The number of phenols is 1. The number of halogens is 1. The van der Waals surface area contributed by atoms with E-state index in [1.165, 1.54) is 6.07 Å². The first-order valence-corrected chi connectivity index (χ1v) is 6.87. The molecule has 1 unspecified atom stereocenters. The van der Waals surface area contributed by atoms with E-state index in [1.54, 1.807) is 17.0 Å². The molecule has 0 aliphatic carbocycles. The number of carbonyl (C=O) groups excluding carboxylic acids is 1. The summed E-state index contributed by atoms with van der Waals surface area (Å²) in [6, 6.07) is 7.16. The largest absolute Gasteiger partial charge is 0.507 e. The van der Waals surface area contributed by atoms with Gasteiger partial charge in [-0.3, -0.25) is 4.79 Å². The van der Waals surface area contributed by atoms with Crippen LogP contribution in [0.3, 0.4) is 0 Å². The Morgan fingerprint density at radius 3 is 3.06 bits per heavy atom. The van der Waals surface area contributed by atoms with E-state index in [9.17, 15) is 9.90 Å². The van der Waals surface area contributed by atoms with Gasteiger partial charge in [-0.05, 0) is 53.6 Å². The van der Waals surface area contributed by atoms with Crippen molar-refractivity contribution in [3.63, 3.8) is 0 Å². The molecule has 18 heavy (non-hydrogen) atoms.